The van der Waals surface area contributed by atoms with E-state index < -0.39 is 40.4 Å². The maximum atomic E-state index is 12.3. The van der Waals surface area contributed by atoms with Crippen LogP contribution in [0.5, 0.6) is 0 Å². The smallest absolute Gasteiger partial charge is 0.346 e. The Morgan fingerprint density at radius 2 is 1.62 bits per heavy atom. The van der Waals surface area contributed by atoms with Crippen molar-refractivity contribution in [3.63, 3.8) is 0 Å². The number of halogens is 5. The zero-order chi connectivity index (χ0) is 13.2. The Bertz CT molecular complexity index is 358. The van der Waals surface area contributed by atoms with Crippen LogP contribution in [0.1, 0.15) is 13.3 Å². The fourth-order valence-corrected chi connectivity index (χ4v) is 1.56. The Balaban J connectivity index is 4.53. The molecule has 0 aliphatic heterocycles. The van der Waals surface area contributed by atoms with E-state index in [0.717, 1.165) is 0 Å². The van der Waals surface area contributed by atoms with Crippen LogP contribution in [0.25, 0.3) is 0 Å². The summed E-state index contributed by atoms with van der Waals surface area (Å²) in [5, 5.41) is 0. The molecule has 0 aromatic carbocycles. The molecule has 0 bridgehead atoms. The van der Waals surface area contributed by atoms with Crippen LogP contribution < -0.4 is 0 Å². The molecule has 0 unspecified atom stereocenters. The Hall–Kier alpha value is -0.930. The van der Waals surface area contributed by atoms with Gasteiger partial charge in [-0.05, 0) is 0 Å². The summed E-state index contributed by atoms with van der Waals surface area (Å²) in [5.41, 5.74) is 0. The van der Waals surface area contributed by atoms with Gasteiger partial charge in [0.1, 0.15) is 0 Å². The highest BCUT2D eigenvalue weighted by Gasteiger charge is 2.57. The normalized spacial score (nSPS) is 13.6. The maximum Gasteiger partial charge on any atom is 0.453 e. The molecule has 10 heteroatoms. The van der Waals surface area contributed by atoms with E-state index in [0.29, 0.717) is 6.92 Å². The number of carbonyl (C=O) groups is 1. The lowest BCUT2D eigenvalue weighted by Crippen LogP contribution is -2.38. The van der Waals surface area contributed by atoms with Crippen LogP contribution in [0.15, 0.2) is 0 Å². The van der Waals surface area contributed by atoms with Crippen LogP contribution in [-0.2, 0) is 19.1 Å². The number of rotatable bonds is 4. The molecule has 0 aliphatic carbocycles. The third-order valence-electron chi connectivity index (χ3n) is 1.33. The average Bonchev–Trinajstić information content (AvgIpc) is 1.96. The first kappa shape index (κ1) is 15.1. The highest BCUT2D eigenvalue weighted by atomic mass is 32.2. The van der Waals surface area contributed by atoms with E-state index in [-0.39, 0.29) is 0 Å². The number of hydrogen-bond donors (Lipinski definition) is 0. The van der Waals surface area contributed by atoms with Crippen molar-refractivity contribution >= 4 is 16.1 Å². The van der Waals surface area contributed by atoms with Gasteiger partial charge in [-0.25, -0.2) is 0 Å². The minimum absolute atomic E-state index is 0.680. The molecule has 0 N–H and O–H groups in total. The van der Waals surface area contributed by atoms with Crippen molar-refractivity contribution in [1.82, 2.24) is 0 Å². The minimum Gasteiger partial charge on any atom is -0.346 e. The third-order valence-corrected chi connectivity index (χ3v) is 2.52. The number of hydrogen-bond acceptors (Lipinski definition) is 4. The van der Waals surface area contributed by atoms with Gasteiger partial charge in [0.15, 0.2) is 0 Å². The van der Waals surface area contributed by atoms with E-state index in [4.69, 9.17) is 0 Å². The zero-order valence-electron chi connectivity index (χ0n) is 7.85. The van der Waals surface area contributed by atoms with Crippen LogP contribution in [0.3, 0.4) is 0 Å². The lowest BCUT2D eigenvalue weighted by Gasteiger charge is -2.18. The van der Waals surface area contributed by atoms with Crippen molar-refractivity contribution in [3.8, 4) is 0 Å². The SMILES string of the molecule is CC(=O)OS(=O)(=O)CCC(F)(F)C(F)(F)F. The molecule has 0 aromatic heterocycles. The average molecular weight is 270 g/mol. The van der Waals surface area contributed by atoms with Gasteiger partial charge in [0.05, 0.1) is 5.75 Å². The molecule has 0 radical (unpaired) electrons. The number of carbonyl (C=O) groups excluding carboxylic acids is 1. The highest BCUT2D eigenvalue weighted by molar-refractivity contribution is 7.87. The summed E-state index contributed by atoms with van der Waals surface area (Å²) in [6.45, 7) is 0.680. The predicted molar refractivity (Wildman–Crippen MR) is 41.2 cm³/mol. The summed E-state index contributed by atoms with van der Waals surface area (Å²) < 4.78 is 84.3. The van der Waals surface area contributed by atoms with E-state index in [9.17, 15) is 35.2 Å². The van der Waals surface area contributed by atoms with Crippen molar-refractivity contribution in [2.75, 3.05) is 5.75 Å². The molecule has 0 aromatic rings. The first-order valence-electron chi connectivity index (χ1n) is 3.75. The predicted octanol–water partition coefficient (Wildman–Crippen LogP) is 1.47. The quantitative estimate of drug-likeness (QED) is 0.573. The molecule has 16 heavy (non-hydrogen) atoms. The van der Waals surface area contributed by atoms with Gasteiger partial charge < -0.3 is 4.18 Å². The van der Waals surface area contributed by atoms with Crippen molar-refractivity contribution in [1.29, 1.82) is 0 Å². The van der Waals surface area contributed by atoms with Gasteiger partial charge in [0, 0.05) is 13.3 Å². The van der Waals surface area contributed by atoms with Gasteiger partial charge in [0.2, 0.25) is 0 Å². The lowest BCUT2D eigenvalue weighted by molar-refractivity contribution is -0.282. The molecule has 0 amide bonds. The van der Waals surface area contributed by atoms with Crippen molar-refractivity contribution < 1.29 is 39.3 Å². The summed E-state index contributed by atoms with van der Waals surface area (Å²) in [7, 11) is -4.70. The van der Waals surface area contributed by atoms with Gasteiger partial charge in [-0.15, -0.1) is 0 Å². The fraction of sp³-hybridized carbons (Fsp3) is 0.833. The van der Waals surface area contributed by atoms with Crippen molar-refractivity contribution in [2.24, 2.45) is 0 Å². The van der Waals surface area contributed by atoms with E-state index >= 15 is 0 Å². The maximum absolute atomic E-state index is 12.3. The number of alkyl halides is 5. The zero-order valence-corrected chi connectivity index (χ0v) is 8.66. The molecular formula is C6H7F5O4S. The van der Waals surface area contributed by atoms with Crippen LogP contribution in [0.2, 0.25) is 0 Å². The van der Waals surface area contributed by atoms with Crippen molar-refractivity contribution in [3.05, 3.63) is 0 Å². The molecule has 0 heterocycles. The standard InChI is InChI=1S/C6H7F5O4S/c1-4(12)15-16(13,14)3-2-5(7,8)6(9,10)11/h2-3H2,1H3. The molecule has 0 saturated carbocycles. The van der Waals surface area contributed by atoms with Crippen LogP contribution in [-0.4, -0.2) is 32.2 Å². The summed E-state index contributed by atoms with van der Waals surface area (Å²) >= 11 is 0. The largest absolute Gasteiger partial charge is 0.453 e. The second-order valence-corrected chi connectivity index (χ2v) is 4.48. The second kappa shape index (κ2) is 4.52. The fourth-order valence-electron chi connectivity index (χ4n) is 0.615. The Morgan fingerprint density at radius 3 is 1.94 bits per heavy atom. The van der Waals surface area contributed by atoms with Crippen molar-refractivity contribution in [2.45, 2.75) is 25.4 Å². The molecule has 4 nitrogen and oxygen atoms in total. The molecule has 0 spiro atoms. The van der Waals surface area contributed by atoms with Gasteiger partial charge in [-0.1, -0.05) is 0 Å². The van der Waals surface area contributed by atoms with Gasteiger partial charge in [-0.2, -0.15) is 30.4 Å². The Morgan fingerprint density at radius 1 is 1.19 bits per heavy atom. The topological polar surface area (TPSA) is 60.4 Å². The molecule has 0 aliphatic rings. The highest BCUT2D eigenvalue weighted by Crippen LogP contribution is 2.38. The lowest BCUT2D eigenvalue weighted by atomic mass is 10.2. The Kier molecular flexibility index (Phi) is 4.25. The summed E-state index contributed by atoms with van der Waals surface area (Å²) in [4.78, 5) is 10.2. The molecule has 0 atom stereocenters. The van der Waals surface area contributed by atoms with E-state index in [1.807, 2.05) is 0 Å². The van der Waals surface area contributed by atoms with E-state index in [2.05, 4.69) is 4.18 Å². The molecule has 0 fully saturated rings. The molecule has 96 valence electrons. The van der Waals surface area contributed by atoms with Gasteiger partial charge >= 0.3 is 28.2 Å². The van der Waals surface area contributed by atoms with Gasteiger partial charge in [0.25, 0.3) is 0 Å². The summed E-state index contributed by atoms with van der Waals surface area (Å²) in [5.74, 6) is -8.05. The Labute approximate surface area is 87.5 Å². The van der Waals surface area contributed by atoms with E-state index in [1.165, 1.54) is 0 Å². The minimum atomic E-state index is -5.83. The summed E-state index contributed by atoms with van der Waals surface area (Å²) in [6, 6.07) is 0. The molecule has 0 rings (SSSR count). The van der Waals surface area contributed by atoms with Crippen LogP contribution in [0.4, 0.5) is 22.0 Å². The van der Waals surface area contributed by atoms with Gasteiger partial charge in [-0.3, -0.25) is 4.79 Å². The molecule has 0 saturated heterocycles. The van der Waals surface area contributed by atoms with Crippen LogP contribution >= 0.6 is 0 Å². The molecular weight excluding hydrogens is 263 g/mol. The van der Waals surface area contributed by atoms with E-state index in [1.54, 1.807) is 0 Å². The first-order chi connectivity index (χ1) is 6.87. The summed E-state index contributed by atoms with van der Waals surface area (Å²) in [6.07, 6.45) is -7.83. The van der Waals surface area contributed by atoms with Crippen LogP contribution in [0, 0.1) is 0 Å². The second-order valence-electron chi connectivity index (χ2n) is 2.79. The third kappa shape index (κ3) is 4.73. The monoisotopic (exact) mass is 270 g/mol. The first-order valence-corrected chi connectivity index (χ1v) is 5.32.